The number of rotatable bonds is 2. The Labute approximate surface area is 141 Å². The number of hydrogen-bond donors (Lipinski definition) is 1. The molecule has 0 atom stereocenters. The summed E-state index contributed by atoms with van der Waals surface area (Å²) in [5, 5.41) is 7.90. The topological polar surface area (TPSA) is 64.3 Å². The molecule has 0 unspecified atom stereocenters. The first-order valence-corrected chi connectivity index (χ1v) is 8.13. The summed E-state index contributed by atoms with van der Waals surface area (Å²) in [5.41, 5.74) is 6.11. The van der Waals surface area contributed by atoms with Crippen molar-refractivity contribution < 1.29 is 4.39 Å². The molecule has 0 saturated heterocycles. The van der Waals surface area contributed by atoms with Crippen molar-refractivity contribution in [2.24, 2.45) is 0 Å². The lowest BCUT2D eigenvalue weighted by Gasteiger charge is -2.10. The number of benzene rings is 1. The molecule has 0 saturated carbocycles. The van der Waals surface area contributed by atoms with Crippen LogP contribution in [0.5, 0.6) is 0 Å². The number of nitrogens with one attached hydrogen (secondary N) is 1. The van der Waals surface area contributed by atoms with Gasteiger partial charge in [-0.1, -0.05) is 0 Å². The van der Waals surface area contributed by atoms with Crippen LogP contribution in [0.15, 0.2) is 36.8 Å². The van der Waals surface area contributed by atoms with Crippen LogP contribution in [0.2, 0.25) is 0 Å². The molecule has 0 bridgehead atoms. The minimum Gasteiger partial charge on any atom is -0.316 e. The summed E-state index contributed by atoms with van der Waals surface area (Å²) in [7, 11) is 0. The largest absolute Gasteiger partial charge is 0.316 e. The second-order valence-corrected chi connectivity index (χ2v) is 6.09. The minimum atomic E-state index is -0.270. The Balaban J connectivity index is 1.90. The van der Waals surface area contributed by atoms with Gasteiger partial charge in [0.1, 0.15) is 11.3 Å². The van der Waals surface area contributed by atoms with Gasteiger partial charge in [-0.3, -0.25) is 5.10 Å². The first kappa shape index (κ1) is 14.2. The second-order valence-electron chi connectivity index (χ2n) is 6.09. The standard InChI is InChI=1S/C18H15FN6/c1-3-24-9-20-13-7-15(10(2)22-18(13)24)25-14-5-4-11(19)6-12(14)17-16(25)8-21-23-17/h4-9H,3H2,1-2H3,(H,21,23). The van der Waals surface area contributed by atoms with Crippen molar-refractivity contribution in [2.45, 2.75) is 20.4 Å². The van der Waals surface area contributed by atoms with Crippen molar-refractivity contribution in [2.75, 3.05) is 0 Å². The van der Waals surface area contributed by atoms with Gasteiger partial charge >= 0.3 is 0 Å². The fourth-order valence-electron chi connectivity index (χ4n) is 3.46. The van der Waals surface area contributed by atoms with E-state index in [1.807, 2.05) is 17.6 Å². The summed E-state index contributed by atoms with van der Waals surface area (Å²) in [5.74, 6) is -0.270. The van der Waals surface area contributed by atoms with E-state index in [9.17, 15) is 4.39 Å². The Hall–Kier alpha value is -3.22. The summed E-state index contributed by atoms with van der Waals surface area (Å²) in [4.78, 5) is 9.22. The molecule has 1 aromatic carbocycles. The Morgan fingerprint density at radius 2 is 2.08 bits per heavy atom. The Morgan fingerprint density at radius 1 is 1.20 bits per heavy atom. The molecule has 0 amide bonds. The zero-order valence-electron chi connectivity index (χ0n) is 13.8. The molecule has 0 aliphatic rings. The molecule has 124 valence electrons. The molecule has 0 spiro atoms. The summed E-state index contributed by atoms with van der Waals surface area (Å²) >= 11 is 0. The molecule has 4 heterocycles. The van der Waals surface area contributed by atoms with E-state index in [-0.39, 0.29) is 5.82 Å². The van der Waals surface area contributed by atoms with Gasteiger partial charge in [-0.2, -0.15) is 5.10 Å². The van der Waals surface area contributed by atoms with E-state index in [0.29, 0.717) is 0 Å². The van der Waals surface area contributed by atoms with Crippen LogP contribution in [0.1, 0.15) is 12.6 Å². The van der Waals surface area contributed by atoms with E-state index >= 15 is 0 Å². The molecular weight excluding hydrogens is 319 g/mol. The average Bonchev–Trinajstić information content (AvgIpc) is 3.28. The third kappa shape index (κ3) is 1.86. The maximum atomic E-state index is 13.7. The Kier molecular flexibility index (Phi) is 2.77. The number of fused-ring (bicyclic) bond motifs is 4. The molecule has 5 rings (SSSR count). The van der Waals surface area contributed by atoms with Crippen molar-refractivity contribution in [1.29, 1.82) is 0 Å². The number of pyridine rings is 1. The van der Waals surface area contributed by atoms with Gasteiger partial charge in [0.05, 0.1) is 40.5 Å². The lowest BCUT2D eigenvalue weighted by molar-refractivity contribution is 0.629. The SMILES string of the molecule is CCn1cnc2cc(-n3c4ccc(F)cc4c4[nH]ncc43)c(C)nc21. The van der Waals surface area contributed by atoms with Gasteiger partial charge < -0.3 is 9.13 Å². The lowest BCUT2D eigenvalue weighted by atomic mass is 10.2. The third-order valence-corrected chi connectivity index (χ3v) is 4.67. The normalized spacial score (nSPS) is 12.0. The van der Waals surface area contributed by atoms with E-state index in [0.717, 1.165) is 51.0 Å². The van der Waals surface area contributed by atoms with Crippen LogP contribution in [0.4, 0.5) is 4.39 Å². The predicted octanol–water partition coefficient (Wildman–Crippen LogP) is 3.72. The van der Waals surface area contributed by atoms with Crippen LogP contribution < -0.4 is 0 Å². The molecule has 25 heavy (non-hydrogen) atoms. The summed E-state index contributed by atoms with van der Waals surface area (Å²) in [6.07, 6.45) is 3.55. The number of aromatic nitrogens is 6. The molecule has 4 aromatic heterocycles. The number of halogens is 1. The smallest absolute Gasteiger partial charge is 0.160 e. The number of aromatic amines is 1. The van der Waals surface area contributed by atoms with Crippen LogP contribution in [-0.2, 0) is 6.54 Å². The zero-order valence-corrected chi connectivity index (χ0v) is 13.8. The van der Waals surface area contributed by atoms with Crippen molar-refractivity contribution in [3.63, 3.8) is 0 Å². The summed E-state index contributed by atoms with van der Waals surface area (Å²) in [6, 6.07) is 6.81. The lowest BCUT2D eigenvalue weighted by Crippen LogP contribution is -2.01. The number of imidazole rings is 1. The Morgan fingerprint density at radius 3 is 2.92 bits per heavy atom. The van der Waals surface area contributed by atoms with Gasteiger partial charge in [0.15, 0.2) is 5.65 Å². The first-order valence-electron chi connectivity index (χ1n) is 8.13. The van der Waals surface area contributed by atoms with E-state index in [2.05, 4.69) is 26.7 Å². The molecule has 6 nitrogen and oxygen atoms in total. The van der Waals surface area contributed by atoms with Crippen LogP contribution >= 0.6 is 0 Å². The number of H-pyrrole nitrogens is 1. The van der Waals surface area contributed by atoms with Crippen molar-refractivity contribution >= 4 is 33.1 Å². The molecule has 1 N–H and O–H groups in total. The Bertz CT molecular complexity index is 1260. The highest BCUT2D eigenvalue weighted by atomic mass is 19.1. The summed E-state index contributed by atoms with van der Waals surface area (Å²) < 4.78 is 17.8. The van der Waals surface area contributed by atoms with E-state index in [1.54, 1.807) is 18.6 Å². The van der Waals surface area contributed by atoms with Crippen LogP contribution in [-0.4, -0.2) is 29.3 Å². The summed E-state index contributed by atoms with van der Waals surface area (Å²) in [6.45, 7) is 4.86. The highest BCUT2D eigenvalue weighted by Crippen LogP contribution is 2.32. The zero-order chi connectivity index (χ0) is 17.1. The maximum absolute atomic E-state index is 13.7. The van der Waals surface area contributed by atoms with E-state index < -0.39 is 0 Å². The molecule has 0 fully saturated rings. The second kappa shape index (κ2) is 4.89. The fourth-order valence-corrected chi connectivity index (χ4v) is 3.46. The number of nitrogens with zero attached hydrogens (tertiary/aromatic N) is 5. The molecule has 5 aromatic rings. The van der Waals surface area contributed by atoms with Gasteiger partial charge in [-0.25, -0.2) is 14.4 Å². The quantitative estimate of drug-likeness (QED) is 0.535. The van der Waals surface area contributed by atoms with Crippen molar-refractivity contribution in [3.05, 3.63) is 48.3 Å². The van der Waals surface area contributed by atoms with E-state index in [1.165, 1.54) is 12.1 Å². The maximum Gasteiger partial charge on any atom is 0.160 e. The van der Waals surface area contributed by atoms with Gasteiger partial charge in [-0.15, -0.1) is 0 Å². The average molecular weight is 334 g/mol. The van der Waals surface area contributed by atoms with Gasteiger partial charge in [0.25, 0.3) is 0 Å². The van der Waals surface area contributed by atoms with Crippen molar-refractivity contribution in [1.82, 2.24) is 29.3 Å². The van der Waals surface area contributed by atoms with Crippen LogP contribution in [0.25, 0.3) is 38.8 Å². The number of aryl methyl sites for hydroxylation is 2. The predicted molar refractivity (Wildman–Crippen MR) is 94.4 cm³/mol. The minimum absolute atomic E-state index is 0.270. The highest BCUT2D eigenvalue weighted by molar-refractivity contribution is 6.07. The third-order valence-electron chi connectivity index (χ3n) is 4.67. The molecular formula is C18H15FN6. The monoisotopic (exact) mass is 334 g/mol. The van der Waals surface area contributed by atoms with E-state index in [4.69, 9.17) is 4.98 Å². The fraction of sp³-hybridized carbons (Fsp3) is 0.167. The van der Waals surface area contributed by atoms with Crippen LogP contribution in [0.3, 0.4) is 0 Å². The van der Waals surface area contributed by atoms with Crippen molar-refractivity contribution in [3.8, 4) is 5.69 Å². The number of hydrogen-bond acceptors (Lipinski definition) is 3. The van der Waals surface area contributed by atoms with Crippen LogP contribution in [0, 0.1) is 12.7 Å². The molecule has 7 heteroatoms. The highest BCUT2D eigenvalue weighted by Gasteiger charge is 2.17. The van der Waals surface area contributed by atoms with Gasteiger partial charge in [0.2, 0.25) is 0 Å². The molecule has 0 aliphatic heterocycles. The molecule has 0 radical (unpaired) electrons. The van der Waals surface area contributed by atoms with Gasteiger partial charge in [-0.05, 0) is 38.1 Å². The van der Waals surface area contributed by atoms with Gasteiger partial charge in [0, 0.05) is 11.9 Å². The molecule has 0 aliphatic carbocycles. The first-order chi connectivity index (χ1) is 12.2.